The first kappa shape index (κ1) is 12.9. The highest BCUT2D eigenvalue weighted by atomic mass is 32.1. The maximum atomic E-state index is 13.4. The third-order valence-corrected chi connectivity index (χ3v) is 3.57. The molecule has 0 spiro atoms. The van der Waals surface area contributed by atoms with E-state index in [1.165, 1.54) is 24.4 Å². The first-order valence-electron chi connectivity index (χ1n) is 5.56. The van der Waals surface area contributed by atoms with Crippen LogP contribution >= 0.6 is 11.3 Å². The minimum absolute atomic E-state index is 0.0325. The Morgan fingerprint density at radius 3 is 2.60 bits per heavy atom. The van der Waals surface area contributed by atoms with Gasteiger partial charge in [-0.15, -0.1) is 11.3 Å². The van der Waals surface area contributed by atoms with Crippen LogP contribution in [0.4, 0.5) is 13.2 Å². The number of nitrogens with zero attached hydrogens (tertiary/aromatic N) is 1. The molecule has 0 aliphatic carbocycles. The van der Waals surface area contributed by atoms with Crippen LogP contribution < -0.4 is 5.55 Å². The minimum atomic E-state index is -4.59. The molecule has 3 rings (SSSR count). The summed E-state index contributed by atoms with van der Waals surface area (Å²) < 4.78 is 45.4. The van der Waals surface area contributed by atoms with Crippen molar-refractivity contribution in [1.29, 1.82) is 5.41 Å². The molecule has 0 aliphatic heterocycles. The van der Waals surface area contributed by atoms with E-state index in [1.54, 1.807) is 11.4 Å². The van der Waals surface area contributed by atoms with Crippen molar-refractivity contribution in [3.05, 3.63) is 47.0 Å². The van der Waals surface area contributed by atoms with Gasteiger partial charge in [0.25, 0.3) is 0 Å². The maximum absolute atomic E-state index is 13.4. The zero-order chi connectivity index (χ0) is 14.3. The zero-order valence-corrected chi connectivity index (χ0v) is 10.7. The number of hydrogen-bond acceptors (Lipinski definition) is 4. The van der Waals surface area contributed by atoms with Crippen molar-refractivity contribution in [3.8, 4) is 10.6 Å². The molecular weight excluding hydrogens is 289 g/mol. The lowest BCUT2D eigenvalue weighted by molar-refractivity contribution is -0.136. The number of rotatable bonds is 1. The third kappa shape index (κ3) is 2.00. The smallest absolute Gasteiger partial charge is 0.418 e. The molecule has 2 aromatic heterocycles. The van der Waals surface area contributed by atoms with Crippen LogP contribution in [-0.2, 0) is 6.18 Å². The summed E-state index contributed by atoms with van der Waals surface area (Å²) in [5.41, 5.74) is -1.69. The van der Waals surface area contributed by atoms with Gasteiger partial charge in [0.05, 0.1) is 11.1 Å². The van der Waals surface area contributed by atoms with Crippen LogP contribution in [-0.4, -0.2) is 4.98 Å². The van der Waals surface area contributed by atoms with Crippen molar-refractivity contribution in [3.63, 3.8) is 0 Å². The van der Waals surface area contributed by atoms with Gasteiger partial charge in [0, 0.05) is 17.0 Å². The Morgan fingerprint density at radius 2 is 1.95 bits per heavy atom. The average Bonchev–Trinajstić information content (AvgIpc) is 2.89. The maximum Gasteiger partial charge on any atom is 0.418 e. The molecule has 0 amide bonds. The summed E-state index contributed by atoms with van der Waals surface area (Å²) in [5.74, 6) is 0. The van der Waals surface area contributed by atoms with Crippen LogP contribution in [0.2, 0.25) is 0 Å². The van der Waals surface area contributed by atoms with Gasteiger partial charge < -0.3 is 4.42 Å². The Kier molecular flexibility index (Phi) is 2.86. The molecule has 1 aromatic carbocycles. The summed E-state index contributed by atoms with van der Waals surface area (Å²) in [6, 6.07) is 5.81. The van der Waals surface area contributed by atoms with Gasteiger partial charge in [-0.2, -0.15) is 13.2 Å². The Balaban J connectivity index is 2.51. The van der Waals surface area contributed by atoms with Crippen LogP contribution in [0.25, 0.3) is 21.5 Å². The number of benzene rings is 1. The molecule has 7 heteroatoms. The summed E-state index contributed by atoms with van der Waals surface area (Å²) in [6.45, 7) is 0. The summed E-state index contributed by atoms with van der Waals surface area (Å²) in [5, 5.41) is 9.36. The van der Waals surface area contributed by atoms with E-state index < -0.39 is 17.3 Å². The number of nitrogens with one attached hydrogen (secondary N) is 1. The number of para-hydroxylation sites is 1. The van der Waals surface area contributed by atoms with E-state index in [1.807, 2.05) is 0 Å². The molecular formula is C13H7F3N2OS. The number of halogens is 3. The van der Waals surface area contributed by atoms with Crippen molar-refractivity contribution in [2.24, 2.45) is 0 Å². The van der Waals surface area contributed by atoms with Gasteiger partial charge >= 0.3 is 6.18 Å². The summed E-state index contributed by atoms with van der Waals surface area (Å²) >= 11 is 1.04. The molecule has 0 aliphatic rings. The van der Waals surface area contributed by atoms with Gasteiger partial charge in [-0.1, -0.05) is 18.2 Å². The molecule has 0 bridgehead atoms. The van der Waals surface area contributed by atoms with E-state index in [0.717, 1.165) is 11.3 Å². The minimum Gasteiger partial charge on any atom is -0.438 e. The Hall–Kier alpha value is -2.15. The number of aromatic nitrogens is 1. The second kappa shape index (κ2) is 4.45. The van der Waals surface area contributed by atoms with E-state index in [0.29, 0.717) is 0 Å². The lowest BCUT2D eigenvalue weighted by Gasteiger charge is -2.13. The summed E-state index contributed by atoms with van der Waals surface area (Å²) in [6.07, 6.45) is -3.19. The van der Waals surface area contributed by atoms with E-state index >= 15 is 0 Å². The predicted molar refractivity (Wildman–Crippen MR) is 68.2 cm³/mol. The van der Waals surface area contributed by atoms with Crippen molar-refractivity contribution in [1.82, 2.24) is 4.98 Å². The van der Waals surface area contributed by atoms with E-state index in [-0.39, 0.29) is 21.5 Å². The first-order valence-corrected chi connectivity index (χ1v) is 6.44. The molecule has 102 valence electrons. The highest BCUT2D eigenvalue weighted by molar-refractivity contribution is 7.13. The normalized spacial score (nSPS) is 11.9. The van der Waals surface area contributed by atoms with Gasteiger partial charge in [0.1, 0.15) is 10.6 Å². The number of thiazole rings is 1. The fraction of sp³-hybridized carbons (Fsp3) is 0.0769. The second-order valence-corrected chi connectivity index (χ2v) is 4.91. The van der Waals surface area contributed by atoms with Gasteiger partial charge in [-0.25, -0.2) is 4.98 Å². The Morgan fingerprint density at radius 1 is 1.20 bits per heavy atom. The average molecular weight is 296 g/mol. The van der Waals surface area contributed by atoms with Gasteiger partial charge in [0.2, 0.25) is 5.55 Å². The molecule has 1 N–H and O–H groups in total. The van der Waals surface area contributed by atoms with Crippen LogP contribution in [0, 0.1) is 5.41 Å². The molecule has 0 radical (unpaired) electrons. The van der Waals surface area contributed by atoms with Crippen LogP contribution in [0.3, 0.4) is 0 Å². The third-order valence-electron chi connectivity index (χ3n) is 2.78. The fourth-order valence-electron chi connectivity index (χ4n) is 2.02. The van der Waals surface area contributed by atoms with Crippen LogP contribution in [0.1, 0.15) is 5.56 Å². The Bertz CT molecular complexity index is 822. The van der Waals surface area contributed by atoms with Gasteiger partial charge in [-0.05, 0) is 6.07 Å². The molecule has 3 nitrogen and oxygen atoms in total. The lowest BCUT2D eigenvalue weighted by atomic mass is 10.0. The first-order chi connectivity index (χ1) is 9.48. The van der Waals surface area contributed by atoms with Crippen LogP contribution in [0.5, 0.6) is 0 Å². The fourth-order valence-corrected chi connectivity index (χ4v) is 2.70. The number of hydrogen-bond donors (Lipinski definition) is 1. The van der Waals surface area contributed by atoms with E-state index in [2.05, 4.69) is 4.98 Å². The SMILES string of the molecule is N=c1oc2ccccc2c(C(F)(F)F)c1-c1nccs1. The topological polar surface area (TPSA) is 49.9 Å². The number of fused-ring (bicyclic) bond motifs is 1. The van der Waals surface area contributed by atoms with Crippen molar-refractivity contribution in [2.75, 3.05) is 0 Å². The second-order valence-electron chi connectivity index (χ2n) is 4.01. The summed E-state index contributed by atoms with van der Waals surface area (Å²) in [7, 11) is 0. The largest absolute Gasteiger partial charge is 0.438 e. The lowest BCUT2D eigenvalue weighted by Crippen LogP contribution is -2.15. The monoisotopic (exact) mass is 296 g/mol. The van der Waals surface area contributed by atoms with E-state index in [4.69, 9.17) is 9.83 Å². The quantitative estimate of drug-likeness (QED) is 0.736. The Labute approximate surface area is 114 Å². The highest BCUT2D eigenvalue weighted by Crippen LogP contribution is 2.40. The van der Waals surface area contributed by atoms with Crippen molar-refractivity contribution < 1.29 is 17.6 Å². The molecule has 0 saturated carbocycles. The zero-order valence-electron chi connectivity index (χ0n) is 9.86. The highest BCUT2D eigenvalue weighted by Gasteiger charge is 2.38. The molecule has 20 heavy (non-hydrogen) atoms. The van der Waals surface area contributed by atoms with Gasteiger partial charge in [-0.3, -0.25) is 5.41 Å². The number of alkyl halides is 3. The van der Waals surface area contributed by atoms with Gasteiger partial charge in [0.15, 0.2) is 0 Å². The van der Waals surface area contributed by atoms with Crippen molar-refractivity contribution in [2.45, 2.75) is 6.18 Å². The van der Waals surface area contributed by atoms with Crippen LogP contribution in [0.15, 0.2) is 40.3 Å². The molecule has 0 saturated heterocycles. The van der Waals surface area contributed by atoms with E-state index in [9.17, 15) is 13.2 Å². The molecule has 0 atom stereocenters. The molecule has 0 unspecified atom stereocenters. The molecule has 3 aromatic rings. The predicted octanol–water partition coefficient (Wildman–Crippen LogP) is 4.05. The van der Waals surface area contributed by atoms with Crippen molar-refractivity contribution >= 4 is 22.3 Å². The summed E-state index contributed by atoms with van der Waals surface area (Å²) in [4.78, 5) is 3.87. The molecule has 0 fully saturated rings. The molecule has 2 heterocycles. The standard InChI is InChI=1S/C13H7F3N2OS/c14-13(15,16)10-7-3-1-2-4-8(7)19-11(17)9(10)12-18-5-6-20-12/h1-6,17H.